The van der Waals surface area contributed by atoms with Crippen molar-refractivity contribution in [2.75, 3.05) is 13.7 Å². The van der Waals surface area contributed by atoms with E-state index in [2.05, 4.69) is 10.1 Å². The molecule has 1 fully saturated rings. The average molecular weight is 363 g/mol. The normalized spacial score (nSPS) is 16.5. The number of likely N-dealkylation sites (tertiary alicyclic amines) is 1. The van der Waals surface area contributed by atoms with Crippen LogP contribution in [0.25, 0.3) is 11.4 Å². The van der Waals surface area contributed by atoms with Crippen LogP contribution in [0.3, 0.4) is 0 Å². The van der Waals surface area contributed by atoms with Crippen molar-refractivity contribution in [1.29, 1.82) is 0 Å². The summed E-state index contributed by atoms with van der Waals surface area (Å²) in [6.07, 6.45) is 1.72. The number of ether oxygens (including phenoxy) is 1. The summed E-state index contributed by atoms with van der Waals surface area (Å²) in [7, 11) is 1.61. The Morgan fingerprint density at radius 3 is 2.78 bits per heavy atom. The lowest BCUT2D eigenvalue weighted by Gasteiger charge is -2.22. The number of nitrogens with zero attached hydrogens (tertiary/aromatic N) is 3. The number of hydrogen-bond donors (Lipinski definition) is 0. The van der Waals surface area contributed by atoms with Gasteiger partial charge >= 0.3 is 0 Å². The fourth-order valence-corrected chi connectivity index (χ4v) is 3.54. The monoisotopic (exact) mass is 363 g/mol. The summed E-state index contributed by atoms with van der Waals surface area (Å²) in [5.41, 5.74) is 2.45. The van der Waals surface area contributed by atoms with Crippen LogP contribution < -0.4 is 4.74 Å². The van der Waals surface area contributed by atoms with Crippen LogP contribution >= 0.6 is 0 Å². The van der Waals surface area contributed by atoms with Crippen molar-refractivity contribution in [3.05, 3.63) is 65.5 Å². The second-order valence-electron chi connectivity index (χ2n) is 6.63. The Kier molecular flexibility index (Phi) is 4.62. The van der Waals surface area contributed by atoms with E-state index < -0.39 is 0 Å². The summed E-state index contributed by atoms with van der Waals surface area (Å²) in [6, 6.07) is 15.0. The molecule has 2 heterocycles. The van der Waals surface area contributed by atoms with E-state index in [0.717, 1.165) is 24.0 Å². The highest BCUT2D eigenvalue weighted by atomic mass is 16.5. The Balaban J connectivity index is 1.63. The predicted molar refractivity (Wildman–Crippen MR) is 100 cm³/mol. The van der Waals surface area contributed by atoms with Crippen molar-refractivity contribution in [1.82, 2.24) is 15.0 Å². The molecule has 1 saturated heterocycles. The van der Waals surface area contributed by atoms with E-state index in [-0.39, 0.29) is 11.9 Å². The molecule has 0 saturated carbocycles. The van der Waals surface area contributed by atoms with E-state index in [1.807, 2.05) is 60.4 Å². The molecule has 1 amide bonds. The van der Waals surface area contributed by atoms with Crippen molar-refractivity contribution in [3.8, 4) is 17.1 Å². The number of para-hydroxylation sites is 1. The number of carbonyl (C=O) groups is 1. The van der Waals surface area contributed by atoms with Crippen LogP contribution in [0.15, 0.2) is 53.1 Å². The SMILES string of the molecule is COc1ccccc1-c1noc([C@H]2CCCN2C(=O)c2ccccc2C)n1. The standard InChI is InChI=1S/C21H21N3O3/c1-14-8-3-4-9-15(14)21(25)24-13-7-11-17(24)20-22-19(23-27-20)16-10-5-6-12-18(16)26-2/h3-6,8-10,12,17H,7,11,13H2,1-2H3/t17-/m1/s1. The number of methoxy groups -OCH3 is 1. The third-order valence-corrected chi connectivity index (χ3v) is 4.96. The minimum Gasteiger partial charge on any atom is -0.496 e. The molecule has 0 bridgehead atoms. The van der Waals surface area contributed by atoms with Gasteiger partial charge in [0.1, 0.15) is 11.8 Å². The largest absolute Gasteiger partial charge is 0.496 e. The van der Waals surface area contributed by atoms with Crippen molar-refractivity contribution in [2.24, 2.45) is 0 Å². The van der Waals surface area contributed by atoms with Gasteiger partial charge in [-0.15, -0.1) is 0 Å². The lowest BCUT2D eigenvalue weighted by molar-refractivity contribution is 0.0709. The van der Waals surface area contributed by atoms with Gasteiger partial charge in [-0.2, -0.15) is 4.98 Å². The van der Waals surface area contributed by atoms with Gasteiger partial charge in [0, 0.05) is 12.1 Å². The van der Waals surface area contributed by atoms with E-state index in [4.69, 9.17) is 9.26 Å². The fourth-order valence-electron chi connectivity index (χ4n) is 3.54. The zero-order chi connectivity index (χ0) is 18.8. The summed E-state index contributed by atoms with van der Waals surface area (Å²) in [4.78, 5) is 19.4. The van der Waals surface area contributed by atoms with Crippen molar-refractivity contribution in [3.63, 3.8) is 0 Å². The molecule has 1 aliphatic rings. The van der Waals surface area contributed by atoms with Crippen LogP contribution in [0.1, 0.15) is 40.7 Å². The van der Waals surface area contributed by atoms with E-state index in [1.54, 1.807) is 7.11 Å². The van der Waals surface area contributed by atoms with Crippen LogP contribution in [0.5, 0.6) is 5.75 Å². The molecule has 138 valence electrons. The fraction of sp³-hybridized carbons (Fsp3) is 0.286. The highest BCUT2D eigenvalue weighted by Crippen LogP contribution is 2.35. The van der Waals surface area contributed by atoms with Crippen molar-refractivity contribution >= 4 is 5.91 Å². The molecule has 1 aromatic heterocycles. The van der Waals surface area contributed by atoms with Gasteiger partial charge in [-0.3, -0.25) is 4.79 Å². The highest BCUT2D eigenvalue weighted by molar-refractivity contribution is 5.96. The van der Waals surface area contributed by atoms with Crippen LogP contribution in [0.4, 0.5) is 0 Å². The van der Waals surface area contributed by atoms with E-state index in [1.165, 1.54) is 0 Å². The highest BCUT2D eigenvalue weighted by Gasteiger charge is 2.35. The number of rotatable bonds is 4. The number of carbonyl (C=O) groups excluding carboxylic acids is 1. The molecule has 6 nitrogen and oxygen atoms in total. The minimum atomic E-state index is -0.201. The van der Waals surface area contributed by atoms with E-state index >= 15 is 0 Å². The maximum atomic E-state index is 13.0. The van der Waals surface area contributed by atoms with Gasteiger partial charge in [0.05, 0.1) is 12.7 Å². The minimum absolute atomic E-state index is 0.00708. The molecular weight excluding hydrogens is 342 g/mol. The van der Waals surface area contributed by atoms with Gasteiger partial charge in [-0.05, 0) is 43.5 Å². The molecule has 0 N–H and O–H groups in total. The van der Waals surface area contributed by atoms with Gasteiger partial charge in [0.2, 0.25) is 11.7 Å². The Labute approximate surface area is 157 Å². The summed E-state index contributed by atoms with van der Waals surface area (Å²) in [5.74, 6) is 1.63. The zero-order valence-corrected chi connectivity index (χ0v) is 15.4. The first-order valence-electron chi connectivity index (χ1n) is 9.02. The molecule has 0 aliphatic carbocycles. The van der Waals surface area contributed by atoms with Gasteiger partial charge in [0.25, 0.3) is 5.91 Å². The molecule has 2 aromatic carbocycles. The molecule has 3 aromatic rings. The summed E-state index contributed by atoms with van der Waals surface area (Å²) < 4.78 is 10.9. The zero-order valence-electron chi connectivity index (χ0n) is 15.4. The van der Waals surface area contributed by atoms with E-state index in [0.29, 0.717) is 29.6 Å². The lowest BCUT2D eigenvalue weighted by Crippen LogP contribution is -2.31. The second kappa shape index (κ2) is 7.23. The molecule has 1 atom stereocenters. The Bertz CT molecular complexity index is 967. The van der Waals surface area contributed by atoms with Gasteiger partial charge in [-0.1, -0.05) is 35.5 Å². The molecule has 0 radical (unpaired) electrons. The Morgan fingerprint density at radius 2 is 1.96 bits per heavy atom. The number of benzene rings is 2. The first kappa shape index (κ1) is 17.3. The topological polar surface area (TPSA) is 68.5 Å². The van der Waals surface area contributed by atoms with Crippen LogP contribution in [0, 0.1) is 6.92 Å². The Morgan fingerprint density at radius 1 is 1.19 bits per heavy atom. The smallest absolute Gasteiger partial charge is 0.254 e. The van der Waals surface area contributed by atoms with Crippen LogP contribution in [0.2, 0.25) is 0 Å². The second-order valence-corrected chi connectivity index (χ2v) is 6.63. The van der Waals surface area contributed by atoms with Gasteiger partial charge in [0.15, 0.2) is 0 Å². The average Bonchev–Trinajstić information content (AvgIpc) is 3.37. The molecule has 0 spiro atoms. The third-order valence-electron chi connectivity index (χ3n) is 4.96. The van der Waals surface area contributed by atoms with Crippen molar-refractivity contribution < 1.29 is 14.1 Å². The molecule has 6 heteroatoms. The number of aryl methyl sites for hydroxylation is 1. The van der Waals surface area contributed by atoms with Crippen molar-refractivity contribution in [2.45, 2.75) is 25.8 Å². The lowest BCUT2D eigenvalue weighted by atomic mass is 10.1. The quantitative estimate of drug-likeness (QED) is 0.700. The number of hydrogen-bond acceptors (Lipinski definition) is 5. The Hall–Kier alpha value is -3.15. The molecule has 27 heavy (non-hydrogen) atoms. The summed E-state index contributed by atoms with van der Waals surface area (Å²) in [6.45, 7) is 2.63. The number of aromatic nitrogens is 2. The van der Waals surface area contributed by atoms with Gasteiger partial charge in [-0.25, -0.2) is 0 Å². The first-order valence-corrected chi connectivity index (χ1v) is 9.02. The van der Waals surface area contributed by atoms with Gasteiger partial charge < -0.3 is 14.2 Å². The molecule has 0 unspecified atom stereocenters. The maximum Gasteiger partial charge on any atom is 0.254 e. The predicted octanol–water partition coefficient (Wildman–Crippen LogP) is 4.03. The van der Waals surface area contributed by atoms with Crippen LogP contribution in [-0.2, 0) is 0 Å². The number of amides is 1. The summed E-state index contributed by atoms with van der Waals surface area (Å²) >= 11 is 0. The van der Waals surface area contributed by atoms with E-state index in [9.17, 15) is 4.79 Å². The molecular formula is C21H21N3O3. The third kappa shape index (κ3) is 3.18. The first-order chi connectivity index (χ1) is 13.2. The maximum absolute atomic E-state index is 13.0. The van der Waals surface area contributed by atoms with Crippen LogP contribution in [-0.4, -0.2) is 34.6 Å². The summed E-state index contributed by atoms with van der Waals surface area (Å²) in [5, 5.41) is 4.12. The molecule has 1 aliphatic heterocycles. The molecule has 4 rings (SSSR count).